The standard InChI is InChI=1S/C12H12FN3OS/c1-7(2)10-6-18-12(15-10)16-11(17)8-3-4-14-5-9(8)13/h3-7H,1-2H3,(H,15,16,17). The van der Waals surface area contributed by atoms with Crippen LogP contribution in [-0.4, -0.2) is 15.9 Å². The van der Waals surface area contributed by atoms with E-state index in [1.54, 1.807) is 0 Å². The van der Waals surface area contributed by atoms with Crippen LogP contribution in [0.4, 0.5) is 9.52 Å². The van der Waals surface area contributed by atoms with E-state index in [0.29, 0.717) is 11.0 Å². The van der Waals surface area contributed by atoms with Crippen LogP contribution in [0.1, 0.15) is 35.8 Å². The topological polar surface area (TPSA) is 54.9 Å². The third kappa shape index (κ3) is 2.70. The Morgan fingerprint density at radius 2 is 2.28 bits per heavy atom. The van der Waals surface area contributed by atoms with Gasteiger partial charge < -0.3 is 0 Å². The van der Waals surface area contributed by atoms with E-state index in [1.165, 1.54) is 23.6 Å². The zero-order valence-corrected chi connectivity index (χ0v) is 10.8. The molecule has 0 aromatic carbocycles. The number of rotatable bonds is 3. The van der Waals surface area contributed by atoms with Gasteiger partial charge in [-0.15, -0.1) is 11.3 Å². The first-order valence-corrected chi connectivity index (χ1v) is 6.32. The number of nitrogens with one attached hydrogen (secondary N) is 1. The molecule has 0 bridgehead atoms. The maximum Gasteiger partial charge on any atom is 0.260 e. The Balaban J connectivity index is 2.14. The predicted molar refractivity (Wildman–Crippen MR) is 68.4 cm³/mol. The summed E-state index contributed by atoms with van der Waals surface area (Å²) >= 11 is 1.33. The summed E-state index contributed by atoms with van der Waals surface area (Å²) in [5, 5.41) is 4.93. The number of carbonyl (C=O) groups excluding carboxylic acids is 1. The molecule has 0 fully saturated rings. The fraction of sp³-hybridized carbons (Fsp3) is 0.250. The fourth-order valence-electron chi connectivity index (χ4n) is 1.33. The summed E-state index contributed by atoms with van der Waals surface area (Å²) in [5.74, 6) is -0.861. The minimum Gasteiger partial charge on any atom is -0.298 e. The second-order valence-corrected chi connectivity index (χ2v) is 4.90. The van der Waals surface area contributed by atoms with Crippen molar-refractivity contribution in [2.24, 2.45) is 0 Å². The minimum atomic E-state index is -0.643. The van der Waals surface area contributed by atoms with Crippen molar-refractivity contribution in [2.45, 2.75) is 19.8 Å². The van der Waals surface area contributed by atoms with E-state index in [2.05, 4.69) is 15.3 Å². The van der Waals surface area contributed by atoms with Gasteiger partial charge >= 0.3 is 0 Å². The van der Waals surface area contributed by atoms with Crippen LogP contribution in [-0.2, 0) is 0 Å². The van der Waals surface area contributed by atoms with Crippen molar-refractivity contribution in [3.63, 3.8) is 0 Å². The summed E-state index contributed by atoms with van der Waals surface area (Å²) in [5.41, 5.74) is 0.872. The van der Waals surface area contributed by atoms with Gasteiger partial charge in [0.2, 0.25) is 0 Å². The maximum atomic E-state index is 13.3. The molecule has 0 spiro atoms. The quantitative estimate of drug-likeness (QED) is 0.928. The minimum absolute atomic E-state index is 0.0358. The van der Waals surface area contributed by atoms with Crippen LogP contribution in [0.15, 0.2) is 23.8 Å². The number of amides is 1. The van der Waals surface area contributed by atoms with Gasteiger partial charge in [-0.2, -0.15) is 0 Å². The average Bonchev–Trinajstić information content (AvgIpc) is 2.78. The van der Waals surface area contributed by atoms with Crippen LogP contribution in [0.25, 0.3) is 0 Å². The predicted octanol–water partition coefficient (Wildman–Crippen LogP) is 3.05. The molecule has 1 amide bonds. The number of pyridine rings is 1. The molecule has 4 nitrogen and oxygen atoms in total. The Morgan fingerprint density at radius 3 is 2.89 bits per heavy atom. The van der Waals surface area contributed by atoms with Gasteiger partial charge in [0.25, 0.3) is 5.91 Å². The van der Waals surface area contributed by atoms with E-state index in [9.17, 15) is 9.18 Å². The van der Waals surface area contributed by atoms with Gasteiger partial charge in [-0.25, -0.2) is 9.37 Å². The largest absolute Gasteiger partial charge is 0.298 e. The van der Waals surface area contributed by atoms with Gasteiger partial charge in [-0.3, -0.25) is 15.1 Å². The van der Waals surface area contributed by atoms with Crippen molar-refractivity contribution in [2.75, 3.05) is 5.32 Å². The Morgan fingerprint density at radius 1 is 1.50 bits per heavy atom. The molecule has 6 heteroatoms. The molecule has 0 radical (unpaired) electrons. The van der Waals surface area contributed by atoms with Gasteiger partial charge in [0.05, 0.1) is 17.5 Å². The number of halogens is 1. The molecule has 0 unspecified atom stereocenters. The highest BCUT2D eigenvalue weighted by Gasteiger charge is 2.13. The Labute approximate surface area is 108 Å². The van der Waals surface area contributed by atoms with Crippen LogP contribution in [0.5, 0.6) is 0 Å². The van der Waals surface area contributed by atoms with Crippen molar-refractivity contribution in [3.05, 3.63) is 40.9 Å². The number of nitrogens with zero attached hydrogens (tertiary/aromatic N) is 2. The first-order valence-electron chi connectivity index (χ1n) is 5.44. The van der Waals surface area contributed by atoms with E-state index in [1.807, 2.05) is 19.2 Å². The van der Waals surface area contributed by atoms with Crippen molar-refractivity contribution in [1.29, 1.82) is 0 Å². The molecule has 0 aliphatic rings. The molecular formula is C12H12FN3OS. The summed E-state index contributed by atoms with van der Waals surface area (Å²) in [6.45, 7) is 4.03. The highest BCUT2D eigenvalue weighted by molar-refractivity contribution is 7.14. The lowest BCUT2D eigenvalue weighted by molar-refractivity contribution is 0.102. The van der Waals surface area contributed by atoms with Crippen molar-refractivity contribution in [3.8, 4) is 0 Å². The third-order valence-electron chi connectivity index (χ3n) is 2.35. The highest BCUT2D eigenvalue weighted by Crippen LogP contribution is 2.22. The van der Waals surface area contributed by atoms with Gasteiger partial charge in [0, 0.05) is 11.6 Å². The normalized spacial score (nSPS) is 10.7. The number of hydrogen-bond acceptors (Lipinski definition) is 4. The Kier molecular flexibility index (Phi) is 3.66. The lowest BCUT2D eigenvalue weighted by Crippen LogP contribution is -2.13. The van der Waals surface area contributed by atoms with Crippen LogP contribution < -0.4 is 5.32 Å². The average molecular weight is 265 g/mol. The zero-order chi connectivity index (χ0) is 13.1. The molecule has 0 atom stereocenters. The second kappa shape index (κ2) is 5.22. The number of hydrogen-bond donors (Lipinski definition) is 1. The van der Waals surface area contributed by atoms with E-state index in [0.717, 1.165) is 11.9 Å². The first-order chi connectivity index (χ1) is 8.58. The highest BCUT2D eigenvalue weighted by atomic mass is 32.1. The molecule has 0 aliphatic heterocycles. The van der Waals surface area contributed by atoms with E-state index < -0.39 is 11.7 Å². The third-order valence-corrected chi connectivity index (χ3v) is 3.13. The molecule has 2 heterocycles. The van der Waals surface area contributed by atoms with Gasteiger partial charge in [-0.1, -0.05) is 13.8 Å². The number of thiazole rings is 1. The first kappa shape index (κ1) is 12.6. The van der Waals surface area contributed by atoms with Crippen LogP contribution in [0.2, 0.25) is 0 Å². The van der Waals surface area contributed by atoms with Crippen LogP contribution in [0, 0.1) is 5.82 Å². The smallest absolute Gasteiger partial charge is 0.260 e. The molecule has 0 saturated heterocycles. The van der Waals surface area contributed by atoms with Gasteiger partial charge in [0.1, 0.15) is 0 Å². The summed E-state index contributed by atoms with van der Waals surface area (Å²) in [6, 6.07) is 1.33. The molecule has 1 N–H and O–H groups in total. The van der Waals surface area contributed by atoms with Gasteiger partial charge in [-0.05, 0) is 12.0 Å². The van der Waals surface area contributed by atoms with Crippen molar-refractivity contribution < 1.29 is 9.18 Å². The lowest BCUT2D eigenvalue weighted by atomic mass is 10.2. The van der Waals surface area contributed by atoms with E-state index >= 15 is 0 Å². The summed E-state index contributed by atoms with van der Waals surface area (Å²) in [7, 11) is 0. The molecule has 18 heavy (non-hydrogen) atoms. The summed E-state index contributed by atoms with van der Waals surface area (Å²) in [4.78, 5) is 19.6. The molecular weight excluding hydrogens is 253 g/mol. The van der Waals surface area contributed by atoms with Gasteiger partial charge in [0.15, 0.2) is 10.9 Å². The summed E-state index contributed by atoms with van der Waals surface area (Å²) in [6.07, 6.45) is 2.38. The molecule has 0 aliphatic carbocycles. The Hall–Kier alpha value is -1.82. The summed E-state index contributed by atoms with van der Waals surface area (Å²) < 4.78 is 13.3. The molecule has 0 saturated carbocycles. The van der Waals surface area contributed by atoms with E-state index in [-0.39, 0.29) is 5.56 Å². The lowest BCUT2D eigenvalue weighted by Gasteiger charge is -2.02. The molecule has 94 valence electrons. The number of anilines is 1. The Bertz CT molecular complexity index is 568. The zero-order valence-electron chi connectivity index (χ0n) is 9.98. The van der Waals surface area contributed by atoms with Crippen molar-refractivity contribution in [1.82, 2.24) is 9.97 Å². The van der Waals surface area contributed by atoms with Crippen LogP contribution in [0.3, 0.4) is 0 Å². The molecule has 2 rings (SSSR count). The van der Waals surface area contributed by atoms with Crippen LogP contribution >= 0.6 is 11.3 Å². The van der Waals surface area contributed by atoms with Crippen molar-refractivity contribution >= 4 is 22.4 Å². The monoisotopic (exact) mass is 265 g/mol. The number of carbonyl (C=O) groups is 1. The van der Waals surface area contributed by atoms with E-state index in [4.69, 9.17) is 0 Å². The molecule has 2 aromatic heterocycles. The second-order valence-electron chi connectivity index (χ2n) is 4.04. The molecule has 2 aromatic rings. The maximum absolute atomic E-state index is 13.3. The fourth-order valence-corrected chi connectivity index (χ4v) is 2.20. The SMILES string of the molecule is CC(C)c1csc(NC(=O)c2ccncc2F)n1. The number of aromatic nitrogens is 2.